The van der Waals surface area contributed by atoms with Crippen molar-refractivity contribution in [3.8, 4) is 28.1 Å². The number of allylic oxidation sites excluding steroid dienone is 2. The molecule has 1 aromatic heterocycles. The maximum Gasteiger partial charge on any atom is 0.201 e. The molecule has 2 nitrogen and oxygen atoms in total. The van der Waals surface area contributed by atoms with Gasteiger partial charge in [0.05, 0.1) is 12.3 Å². The summed E-state index contributed by atoms with van der Waals surface area (Å²) in [6.45, 7) is 4.02. The maximum atomic E-state index is 14.4. The van der Waals surface area contributed by atoms with E-state index in [0.29, 0.717) is 5.56 Å². The highest BCUT2D eigenvalue weighted by Gasteiger charge is 2.15. The van der Waals surface area contributed by atoms with E-state index >= 15 is 0 Å². The Hall–Kier alpha value is -3.01. The van der Waals surface area contributed by atoms with Gasteiger partial charge >= 0.3 is 0 Å². The first-order valence-corrected chi connectivity index (χ1v) is 9.41. The molecule has 0 amide bonds. The molecule has 0 aliphatic carbocycles. The van der Waals surface area contributed by atoms with Crippen molar-refractivity contribution in [1.82, 2.24) is 4.98 Å². The molecule has 2 aromatic carbocycles. The van der Waals surface area contributed by atoms with Crippen LogP contribution in [-0.4, -0.2) is 11.6 Å². The monoisotopic (exact) mass is 379 g/mol. The molecule has 0 aliphatic heterocycles. The number of aryl methyl sites for hydroxylation is 1. The summed E-state index contributed by atoms with van der Waals surface area (Å²) in [6.07, 6.45) is 8.02. The van der Waals surface area contributed by atoms with E-state index in [-0.39, 0.29) is 17.9 Å². The fraction of sp³-hybridized carbons (Fsp3) is 0.208. The van der Waals surface area contributed by atoms with Crippen LogP contribution in [0.5, 0.6) is 5.75 Å². The number of pyridine rings is 1. The summed E-state index contributed by atoms with van der Waals surface area (Å²) in [5.41, 5.74) is 3.77. The molecule has 0 saturated carbocycles. The Kier molecular flexibility index (Phi) is 6.53. The average Bonchev–Trinajstić information content (AvgIpc) is 2.73. The van der Waals surface area contributed by atoms with Crippen molar-refractivity contribution in [3.63, 3.8) is 0 Å². The Morgan fingerprint density at radius 3 is 2.32 bits per heavy atom. The quantitative estimate of drug-likeness (QED) is 0.431. The topological polar surface area (TPSA) is 22.1 Å². The van der Waals surface area contributed by atoms with Crippen molar-refractivity contribution in [2.24, 2.45) is 0 Å². The highest BCUT2D eigenvalue weighted by Crippen LogP contribution is 2.31. The van der Waals surface area contributed by atoms with Gasteiger partial charge in [0.1, 0.15) is 0 Å². The molecular formula is C24H23F2NO. The molecule has 0 atom stereocenters. The van der Waals surface area contributed by atoms with Gasteiger partial charge in [0.15, 0.2) is 11.6 Å². The molecule has 0 radical (unpaired) electrons. The lowest BCUT2D eigenvalue weighted by Gasteiger charge is -2.10. The number of ether oxygens (including phenoxy) is 1. The van der Waals surface area contributed by atoms with Crippen LogP contribution in [0.15, 0.2) is 66.9 Å². The molecule has 0 saturated heterocycles. The second kappa shape index (κ2) is 9.27. The molecule has 3 rings (SSSR count). The molecule has 144 valence electrons. The SMILES string of the molecule is C/C=C/CCc1ccc(-c2ccc(-c3ccc(OCC)c(F)c3F)cc2)nc1. The Morgan fingerprint density at radius 2 is 1.68 bits per heavy atom. The summed E-state index contributed by atoms with van der Waals surface area (Å²) in [5.74, 6) is -1.93. The standard InChI is InChI=1S/C24H23F2NO/c1-3-5-6-7-17-8-14-21(27-16-17)19-11-9-18(10-12-19)20-13-15-22(28-4-2)24(26)23(20)25/h3,5,8-16H,4,6-7H2,1-2H3/b5-3+. The molecular weight excluding hydrogens is 356 g/mol. The van der Waals surface area contributed by atoms with Gasteiger partial charge in [0.25, 0.3) is 0 Å². The van der Waals surface area contributed by atoms with Gasteiger partial charge in [0.2, 0.25) is 5.82 Å². The van der Waals surface area contributed by atoms with Crippen molar-refractivity contribution in [1.29, 1.82) is 0 Å². The smallest absolute Gasteiger partial charge is 0.201 e. The molecule has 3 aromatic rings. The minimum absolute atomic E-state index is 0.0703. The zero-order valence-electron chi connectivity index (χ0n) is 16.1. The number of nitrogens with zero attached hydrogens (tertiary/aromatic N) is 1. The summed E-state index contributed by atoms with van der Waals surface area (Å²) in [4.78, 5) is 4.52. The Bertz CT molecular complexity index is 948. The van der Waals surface area contributed by atoms with Crippen molar-refractivity contribution < 1.29 is 13.5 Å². The van der Waals surface area contributed by atoms with E-state index in [1.165, 1.54) is 17.7 Å². The van der Waals surface area contributed by atoms with Gasteiger partial charge in [-0.05, 0) is 56.0 Å². The van der Waals surface area contributed by atoms with Crippen molar-refractivity contribution in [3.05, 3.63) is 84.1 Å². The van der Waals surface area contributed by atoms with Crippen molar-refractivity contribution in [2.75, 3.05) is 6.61 Å². The summed E-state index contributed by atoms with van der Waals surface area (Å²) >= 11 is 0. The summed E-state index contributed by atoms with van der Waals surface area (Å²) in [5, 5.41) is 0. The second-order valence-corrected chi connectivity index (χ2v) is 6.41. The van der Waals surface area contributed by atoms with Gasteiger partial charge in [0, 0.05) is 17.3 Å². The number of rotatable bonds is 7. The molecule has 0 N–H and O–H groups in total. The average molecular weight is 379 g/mol. The van der Waals surface area contributed by atoms with E-state index in [2.05, 4.69) is 17.1 Å². The first-order chi connectivity index (χ1) is 13.6. The van der Waals surface area contributed by atoms with Crippen LogP contribution in [-0.2, 0) is 6.42 Å². The van der Waals surface area contributed by atoms with E-state index in [4.69, 9.17) is 4.74 Å². The van der Waals surface area contributed by atoms with Gasteiger partial charge in [-0.15, -0.1) is 0 Å². The maximum absolute atomic E-state index is 14.4. The largest absolute Gasteiger partial charge is 0.491 e. The van der Waals surface area contributed by atoms with Gasteiger partial charge < -0.3 is 4.74 Å². The molecule has 4 heteroatoms. The van der Waals surface area contributed by atoms with Crippen LogP contribution in [0.4, 0.5) is 8.78 Å². The fourth-order valence-electron chi connectivity index (χ4n) is 3.00. The number of aromatic nitrogens is 1. The van der Waals surface area contributed by atoms with Gasteiger partial charge in [-0.2, -0.15) is 4.39 Å². The minimum Gasteiger partial charge on any atom is -0.491 e. The zero-order chi connectivity index (χ0) is 19.9. The van der Waals surface area contributed by atoms with Crippen LogP contribution in [0.3, 0.4) is 0 Å². The summed E-state index contributed by atoms with van der Waals surface area (Å²) < 4.78 is 33.6. The molecule has 28 heavy (non-hydrogen) atoms. The first kappa shape index (κ1) is 19.7. The van der Waals surface area contributed by atoms with E-state index in [9.17, 15) is 8.78 Å². The lowest BCUT2D eigenvalue weighted by molar-refractivity contribution is 0.314. The zero-order valence-corrected chi connectivity index (χ0v) is 16.1. The van der Waals surface area contributed by atoms with Gasteiger partial charge in [-0.3, -0.25) is 4.98 Å². The Labute approximate surface area is 164 Å². The van der Waals surface area contributed by atoms with Crippen molar-refractivity contribution >= 4 is 0 Å². The predicted octanol–water partition coefficient (Wildman–Crippen LogP) is 6.60. The van der Waals surface area contributed by atoms with E-state index < -0.39 is 11.6 Å². The van der Waals surface area contributed by atoms with E-state index in [1.807, 2.05) is 37.4 Å². The van der Waals surface area contributed by atoms with E-state index in [1.54, 1.807) is 19.1 Å². The van der Waals surface area contributed by atoms with Gasteiger partial charge in [-0.25, -0.2) is 4.39 Å². The molecule has 0 fully saturated rings. The lowest BCUT2D eigenvalue weighted by atomic mass is 10.0. The second-order valence-electron chi connectivity index (χ2n) is 6.41. The van der Waals surface area contributed by atoms with Crippen LogP contribution < -0.4 is 4.74 Å². The van der Waals surface area contributed by atoms with Crippen LogP contribution in [0.25, 0.3) is 22.4 Å². The predicted molar refractivity (Wildman–Crippen MR) is 109 cm³/mol. The summed E-state index contributed by atoms with van der Waals surface area (Å²) in [7, 11) is 0. The van der Waals surface area contributed by atoms with E-state index in [0.717, 1.165) is 24.1 Å². The van der Waals surface area contributed by atoms with Crippen LogP contribution in [0, 0.1) is 11.6 Å². The number of hydrogen-bond donors (Lipinski definition) is 0. The van der Waals surface area contributed by atoms with Crippen LogP contribution >= 0.6 is 0 Å². The van der Waals surface area contributed by atoms with Crippen LogP contribution in [0.1, 0.15) is 25.8 Å². The lowest BCUT2D eigenvalue weighted by Crippen LogP contribution is -1.98. The third-order valence-corrected chi connectivity index (χ3v) is 4.50. The minimum atomic E-state index is -0.960. The Morgan fingerprint density at radius 1 is 0.929 bits per heavy atom. The van der Waals surface area contributed by atoms with Crippen molar-refractivity contribution in [2.45, 2.75) is 26.7 Å². The number of benzene rings is 2. The Balaban J connectivity index is 1.79. The first-order valence-electron chi connectivity index (χ1n) is 9.41. The van der Waals surface area contributed by atoms with Gasteiger partial charge in [-0.1, -0.05) is 42.5 Å². The molecule has 0 aliphatic rings. The molecule has 1 heterocycles. The number of hydrogen-bond acceptors (Lipinski definition) is 2. The normalized spacial score (nSPS) is 11.1. The third-order valence-electron chi connectivity index (χ3n) is 4.50. The highest BCUT2D eigenvalue weighted by molar-refractivity contribution is 5.70. The number of halogens is 2. The van der Waals surface area contributed by atoms with Crippen LogP contribution in [0.2, 0.25) is 0 Å². The molecule has 0 spiro atoms. The fourth-order valence-corrected chi connectivity index (χ4v) is 3.00. The summed E-state index contributed by atoms with van der Waals surface area (Å²) in [6, 6.07) is 14.3. The highest BCUT2D eigenvalue weighted by atomic mass is 19.2. The molecule has 0 unspecified atom stereocenters. The third kappa shape index (κ3) is 4.45. The molecule has 0 bridgehead atoms.